The minimum absolute atomic E-state index is 0.0802. The molecule has 7 rings (SSSR count). The fourth-order valence-corrected chi connectivity index (χ4v) is 10.0. The van der Waals surface area contributed by atoms with E-state index in [0.29, 0.717) is 0 Å². The predicted octanol–water partition coefficient (Wildman–Crippen LogP) is 18.9. The van der Waals surface area contributed by atoms with E-state index >= 15 is 0 Å². The first-order valence-electron chi connectivity index (χ1n) is 24.1. The van der Waals surface area contributed by atoms with Crippen molar-refractivity contribution in [2.24, 2.45) is 5.41 Å². The lowest BCUT2D eigenvalue weighted by atomic mass is 9.75. The number of rotatable bonds is 19. The normalized spacial score (nSPS) is 12.8. The van der Waals surface area contributed by atoms with Crippen LogP contribution >= 0.6 is 11.6 Å². The zero-order valence-corrected chi connectivity index (χ0v) is 40.9. The Bertz CT molecular complexity index is 2790. The van der Waals surface area contributed by atoms with Gasteiger partial charge in [-0.25, -0.2) is 0 Å². The average molecular weight is 887 g/mol. The molecule has 2 N–H and O–H groups in total. The van der Waals surface area contributed by atoms with Crippen LogP contribution in [0, 0.1) is 33.1 Å². The number of allylic oxidation sites excluding steroid dienone is 5. The number of nitrogen functional groups attached to an aromatic ring is 1. The van der Waals surface area contributed by atoms with Gasteiger partial charge in [0, 0.05) is 22.4 Å². The summed E-state index contributed by atoms with van der Waals surface area (Å²) in [4.78, 5) is 0. The third-order valence-corrected chi connectivity index (χ3v) is 14.0. The highest BCUT2D eigenvalue weighted by molar-refractivity contribution is 6.35. The molecule has 7 aromatic carbocycles. The van der Waals surface area contributed by atoms with Gasteiger partial charge in [-0.2, -0.15) is 0 Å². The summed E-state index contributed by atoms with van der Waals surface area (Å²) in [6, 6.07) is 55.2. The van der Waals surface area contributed by atoms with E-state index in [-0.39, 0.29) is 5.41 Å². The van der Waals surface area contributed by atoms with E-state index in [1.807, 2.05) is 6.08 Å². The summed E-state index contributed by atoms with van der Waals surface area (Å²) in [5.41, 5.74) is 28.7. The molecule has 0 aliphatic rings. The zero-order chi connectivity index (χ0) is 46.6. The van der Waals surface area contributed by atoms with Crippen LogP contribution in [0.1, 0.15) is 104 Å². The van der Waals surface area contributed by atoms with E-state index in [1.54, 1.807) is 0 Å². The summed E-state index contributed by atoms with van der Waals surface area (Å²) in [5.74, 6) is 0. The molecule has 66 heavy (non-hydrogen) atoms. The monoisotopic (exact) mass is 886 g/mol. The molecule has 1 unspecified atom stereocenters. The molecule has 1 nitrogen and oxygen atoms in total. The molecule has 0 bridgehead atoms. The van der Waals surface area contributed by atoms with Crippen molar-refractivity contribution in [2.75, 3.05) is 5.73 Å². The van der Waals surface area contributed by atoms with Crippen molar-refractivity contribution in [3.05, 3.63) is 220 Å². The molecular weight excluding hydrogens is 818 g/mol. The van der Waals surface area contributed by atoms with Gasteiger partial charge in [-0.1, -0.05) is 231 Å². The van der Waals surface area contributed by atoms with E-state index in [9.17, 15) is 0 Å². The minimum Gasteiger partial charge on any atom is -0.398 e. The Kier molecular flexibility index (Phi) is 16.2. The van der Waals surface area contributed by atoms with Gasteiger partial charge in [-0.3, -0.25) is 0 Å². The fraction of sp³-hybridized carbons (Fsp3) is 0.250. The second kappa shape index (κ2) is 22.4. The molecule has 0 saturated heterocycles. The number of nitrogens with two attached hydrogens (primary N) is 1. The van der Waals surface area contributed by atoms with Crippen molar-refractivity contribution < 1.29 is 0 Å². The first-order chi connectivity index (χ1) is 32.0. The maximum atomic E-state index is 7.27. The van der Waals surface area contributed by atoms with Gasteiger partial charge in [0.25, 0.3) is 0 Å². The molecule has 0 saturated carbocycles. The lowest BCUT2D eigenvalue weighted by molar-refractivity contribution is 0.262. The Morgan fingerprint density at radius 2 is 1.05 bits per heavy atom. The molecule has 0 heterocycles. The third-order valence-electron chi connectivity index (χ3n) is 13.6. The Balaban J connectivity index is 1.12. The van der Waals surface area contributed by atoms with Crippen molar-refractivity contribution in [3.63, 3.8) is 0 Å². The average Bonchev–Trinajstić information content (AvgIpc) is 3.31. The van der Waals surface area contributed by atoms with Crippen molar-refractivity contribution in [1.82, 2.24) is 0 Å². The Morgan fingerprint density at radius 1 is 0.561 bits per heavy atom. The third kappa shape index (κ3) is 11.8. The number of hydrogen-bond donors (Lipinski definition) is 1. The lowest BCUT2D eigenvalue weighted by Gasteiger charge is -2.30. The Hall–Kier alpha value is -6.15. The van der Waals surface area contributed by atoms with Crippen LogP contribution in [-0.2, 0) is 6.42 Å². The number of benzene rings is 7. The second-order valence-corrected chi connectivity index (χ2v) is 19.2. The first-order valence-corrected chi connectivity index (χ1v) is 24.4. The Morgan fingerprint density at radius 3 is 1.61 bits per heavy atom. The smallest absolute Gasteiger partial charge is 0.0559 e. The highest BCUT2D eigenvalue weighted by atomic mass is 35.5. The van der Waals surface area contributed by atoms with E-state index < -0.39 is 0 Å². The summed E-state index contributed by atoms with van der Waals surface area (Å²) in [6.45, 7) is 17.5. The molecule has 336 valence electrons. The topological polar surface area (TPSA) is 26.0 Å². The number of unbranched alkanes of at least 4 members (excludes halogenated alkanes) is 1. The standard InChI is InChI=1S/C64H68ClN/c1-8-16-50(58-22-13-23-59(62(58)65)54-36-28-46(4)29-37-54)19-15-43-64(7,42-11-10-18-51(17-9-2)60-24-14-25-61(63(60)66)55-38-30-47(5)31-39-55)44-49-32-40-53(41-33-49)57-21-12-20-56(48(57)6)52-34-26-45(3)27-35-52/h9,12-14,17,19-41H,2,8,10-11,15-16,18,42-44,66H2,1,3-7H3/b50-19+,51-17+. The number of anilines is 1. The van der Waals surface area contributed by atoms with Crippen molar-refractivity contribution in [3.8, 4) is 44.5 Å². The van der Waals surface area contributed by atoms with Crippen LogP contribution in [0.4, 0.5) is 5.69 Å². The quantitative estimate of drug-likeness (QED) is 0.0489. The molecule has 0 fully saturated rings. The molecule has 0 aromatic heterocycles. The van der Waals surface area contributed by atoms with Crippen LogP contribution in [0.25, 0.3) is 55.7 Å². The highest BCUT2D eigenvalue weighted by Gasteiger charge is 2.25. The number of hydrogen-bond acceptors (Lipinski definition) is 1. The van der Waals surface area contributed by atoms with Gasteiger partial charge in [-0.15, -0.1) is 0 Å². The van der Waals surface area contributed by atoms with Crippen LogP contribution in [0.3, 0.4) is 0 Å². The van der Waals surface area contributed by atoms with Crippen LogP contribution < -0.4 is 5.73 Å². The van der Waals surface area contributed by atoms with E-state index in [2.05, 4.69) is 212 Å². The van der Waals surface area contributed by atoms with E-state index in [4.69, 9.17) is 17.3 Å². The molecular formula is C64H68ClN. The molecule has 0 radical (unpaired) electrons. The van der Waals surface area contributed by atoms with Crippen molar-refractivity contribution in [1.29, 1.82) is 0 Å². The Labute approximate surface area is 401 Å². The van der Waals surface area contributed by atoms with E-state index in [1.165, 1.54) is 61.2 Å². The molecule has 0 amide bonds. The van der Waals surface area contributed by atoms with Gasteiger partial charge in [0.05, 0.1) is 5.02 Å². The summed E-state index contributed by atoms with van der Waals surface area (Å²) in [7, 11) is 0. The molecule has 0 aliphatic carbocycles. The molecule has 2 heteroatoms. The largest absolute Gasteiger partial charge is 0.398 e. The second-order valence-electron chi connectivity index (χ2n) is 18.8. The number of aryl methyl sites for hydroxylation is 3. The van der Waals surface area contributed by atoms with Gasteiger partial charge in [0.15, 0.2) is 0 Å². The van der Waals surface area contributed by atoms with Crippen LogP contribution in [0.5, 0.6) is 0 Å². The highest BCUT2D eigenvalue weighted by Crippen LogP contribution is 2.41. The van der Waals surface area contributed by atoms with E-state index in [0.717, 1.165) is 102 Å². The van der Waals surface area contributed by atoms with Gasteiger partial charge < -0.3 is 5.73 Å². The SMILES string of the molecule is C=C/C=C(\CCCCC(C)(CC/C=C(\CCC)c1cccc(-c2ccc(C)cc2)c1Cl)Cc1ccc(-c2cccc(-c3ccc(C)cc3)c2C)cc1)c1cccc(-c2ccc(C)cc2)c1N. The van der Waals surface area contributed by atoms with Gasteiger partial charge in [-0.05, 0) is 139 Å². The number of halogens is 1. The van der Waals surface area contributed by atoms with Gasteiger partial charge in [0.1, 0.15) is 0 Å². The van der Waals surface area contributed by atoms with Crippen LogP contribution in [0.2, 0.25) is 5.02 Å². The van der Waals surface area contributed by atoms with Crippen molar-refractivity contribution in [2.45, 2.75) is 99.3 Å². The summed E-state index contributed by atoms with van der Waals surface area (Å²) < 4.78 is 0. The van der Waals surface area contributed by atoms with Crippen molar-refractivity contribution >= 4 is 28.4 Å². The zero-order valence-electron chi connectivity index (χ0n) is 40.2. The minimum atomic E-state index is 0.0802. The first kappa shape index (κ1) is 47.8. The molecule has 0 spiro atoms. The molecule has 0 aliphatic heterocycles. The fourth-order valence-electron chi connectivity index (χ4n) is 9.69. The van der Waals surface area contributed by atoms with Crippen LogP contribution in [-0.4, -0.2) is 0 Å². The maximum absolute atomic E-state index is 7.27. The predicted molar refractivity (Wildman–Crippen MR) is 290 cm³/mol. The van der Waals surface area contributed by atoms with Gasteiger partial charge in [0.2, 0.25) is 0 Å². The van der Waals surface area contributed by atoms with Crippen LogP contribution in [0.15, 0.2) is 176 Å². The summed E-state index contributed by atoms with van der Waals surface area (Å²) in [5, 5.41) is 0.844. The molecule has 7 aromatic rings. The number of para-hydroxylation sites is 1. The van der Waals surface area contributed by atoms with Gasteiger partial charge >= 0.3 is 0 Å². The molecule has 1 atom stereocenters. The summed E-state index contributed by atoms with van der Waals surface area (Å²) >= 11 is 7.27. The summed E-state index contributed by atoms with van der Waals surface area (Å²) in [6.07, 6.45) is 15.9. The lowest BCUT2D eigenvalue weighted by Crippen LogP contribution is -2.20. The maximum Gasteiger partial charge on any atom is 0.0559 e.